The highest BCUT2D eigenvalue weighted by molar-refractivity contribution is 5.94. The van der Waals surface area contributed by atoms with Crippen LogP contribution in [0.3, 0.4) is 0 Å². The van der Waals surface area contributed by atoms with Crippen LogP contribution in [-0.4, -0.2) is 10.9 Å². The number of rotatable bonds is 4. The first kappa shape index (κ1) is 15.0. The number of carbonyl (C=O) groups is 1. The van der Waals surface area contributed by atoms with E-state index in [2.05, 4.69) is 41.5 Å². The molecule has 1 heterocycles. The Balaban J connectivity index is 1.93. The van der Waals surface area contributed by atoms with Gasteiger partial charge in [-0.3, -0.25) is 9.78 Å². The molecule has 0 saturated heterocycles. The maximum atomic E-state index is 12.5. The summed E-state index contributed by atoms with van der Waals surface area (Å²) in [5, 5.41) is 3.11. The molecule has 0 fully saturated rings. The minimum atomic E-state index is -0.190. The van der Waals surface area contributed by atoms with Crippen molar-refractivity contribution in [2.75, 3.05) is 0 Å². The van der Waals surface area contributed by atoms with Crippen molar-refractivity contribution in [1.29, 1.82) is 0 Å². The summed E-state index contributed by atoms with van der Waals surface area (Å²) in [4.78, 5) is 16.5. The first-order valence-electron chi connectivity index (χ1n) is 7.56. The van der Waals surface area contributed by atoms with Crippen LogP contribution < -0.4 is 5.32 Å². The van der Waals surface area contributed by atoms with E-state index in [9.17, 15) is 4.79 Å². The second kappa shape index (κ2) is 6.88. The smallest absolute Gasteiger partial charge is 0.253 e. The third-order valence-corrected chi connectivity index (χ3v) is 3.74. The normalized spacial score (nSPS) is 11.7. The van der Waals surface area contributed by atoms with E-state index in [-0.39, 0.29) is 11.9 Å². The van der Waals surface area contributed by atoms with E-state index in [4.69, 9.17) is 0 Å². The lowest BCUT2D eigenvalue weighted by atomic mass is 9.97. The maximum Gasteiger partial charge on any atom is 0.253 e. The van der Waals surface area contributed by atoms with E-state index in [1.165, 1.54) is 5.56 Å². The Morgan fingerprint density at radius 2 is 1.61 bits per heavy atom. The van der Waals surface area contributed by atoms with Crippen molar-refractivity contribution in [3.8, 4) is 0 Å². The van der Waals surface area contributed by atoms with Crippen molar-refractivity contribution in [1.82, 2.24) is 10.3 Å². The van der Waals surface area contributed by atoms with Crippen molar-refractivity contribution in [3.63, 3.8) is 0 Å². The third kappa shape index (κ3) is 3.64. The Bertz CT molecular complexity index is 768. The van der Waals surface area contributed by atoms with Gasteiger partial charge in [-0.05, 0) is 30.2 Å². The van der Waals surface area contributed by atoms with Gasteiger partial charge in [-0.25, -0.2) is 0 Å². The summed E-state index contributed by atoms with van der Waals surface area (Å²) < 4.78 is 0. The standard InChI is InChI=1S/C20H18N2O/c1-15-9-11-17(12-10-15)19(16-6-3-2-4-7-16)22-20(23)18-8-5-13-21-14-18/h2-14,19H,1H3,(H,22,23)/t19-/m0/s1. The molecule has 3 nitrogen and oxygen atoms in total. The molecule has 0 spiro atoms. The lowest BCUT2D eigenvalue weighted by Gasteiger charge is -2.20. The summed E-state index contributed by atoms with van der Waals surface area (Å²) in [6.45, 7) is 2.05. The van der Waals surface area contributed by atoms with E-state index >= 15 is 0 Å². The fourth-order valence-corrected chi connectivity index (χ4v) is 2.48. The number of hydrogen-bond donors (Lipinski definition) is 1. The molecule has 0 unspecified atom stereocenters. The van der Waals surface area contributed by atoms with Crippen molar-refractivity contribution >= 4 is 5.91 Å². The summed E-state index contributed by atoms with van der Waals surface area (Å²) in [7, 11) is 0. The minimum Gasteiger partial charge on any atom is -0.341 e. The van der Waals surface area contributed by atoms with Gasteiger partial charge in [-0.15, -0.1) is 0 Å². The molecule has 3 rings (SSSR count). The van der Waals surface area contributed by atoms with Crippen LogP contribution >= 0.6 is 0 Å². The van der Waals surface area contributed by atoms with E-state index in [0.717, 1.165) is 11.1 Å². The van der Waals surface area contributed by atoms with Crippen molar-refractivity contribution in [3.05, 3.63) is 101 Å². The molecular formula is C20H18N2O. The molecular weight excluding hydrogens is 284 g/mol. The lowest BCUT2D eigenvalue weighted by molar-refractivity contribution is 0.0942. The highest BCUT2D eigenvalue weighted by Gasteiger charge is 2.17. The predicted molar refractivity (Wildman–Crippen MR) is 91.2 cm³/mol. The van der Waals surface area contributed by atoms with Crippen LogP contribution in [-0.2, 0) is 0 Å². The average Bonchev–Trinajstić information content (AvgIpc) is 2.62. The van der Waals surface area contributed by atoms with Gasteiger partial charge in [0.1, 0.15) is 0 Å². The van der Waals surface area contributed by atoms with Gasteiger partial charge in [0.15, 0.2) is 0 Å². The Hall–Kier alpha value is -2.94. The van der Waals surface area contributed by atoms with Gasteiger partial charge < -0.3 is 5.32 Å². The van der Waals surface area contributed by atoms with Crippen molar-refractivity contribution in [2.45, 2.75) is 13.0 Å². The molecule has 0 saturated carbocycles. The number of carbonyl (C=O) groups excluding carboxylic acids is 1. The SMILES string of the molecule is Cc1ccc([C@@H](NC(=O)c2cccnc2)c2ccccc2)cc1. The van der Waals surface area contributed by atoms with Gasteiger partial charge in [0.25, 0.3) is 5.91 Å². The fourth-order valence-electron chi connectivity index (χ4n) is 2.48. The molecule has 1 N–H and O–H groups in total. The number of nitrogens with zero attached hydrogens (tertiary/aromatic N) is 1. The van der Waals surface area contributed by atoms with Crippen LogP contribution in [0.4, 0.5) is 0 Å². The van der Waals surface area contributed by atoms with E-state index < -0.39 is 0 Å². The number of hydrogen-bond acceptors (Lipinski definition) is 2. The Morgan fingerprint density at radius 1 is 0.913 bits per heavy atom. The summed E-state index contributed by atoms with van der Waals surface area (Å²) >= 11 is 0. The van der Waals surface area contributed by atoms with Crippen LogP contribution in [0.1, 0.15) is 33.1 Å². The first-order valence-corrected chi connectivity index (χ1v) is 7.56. The van der Waals surface area contributed by atoms with Gasteiger partial charge in [0.05, 0.1) is 11.6 Å². The zero-order chi connectivity index (χ0) is 16.1. The molecule has 1 amide bonds. The second-order valence-electron chi connectivity index (χ2n) is 5.47. The third-order valence-electron chi connectivity index (χ3n) is 3.74. The quantitative estimate of drug-likeness (QED) is 0.794. The maximum absolute atomic E-state index is 12.5. The molecule has 0 radical (unpaired) electrons. The van der Waals surface area contributed by atoms with Gasteiger partial charge >= 0.3 is 0 Å². The van der Waals surface area contributed by atoms with Gasteiger partial charge in [-0.1, -0.05) is 60.2 Å². The molecule has 0 aliphatic carbocycles. The van der Waals surface area contributed by atoms with Crippen LogP contribution in [0.2, 0.25) is 0 Å². The zero-order valence-corrected chi connectivity index (χ0v) is 12.9. The highest BCUT2D eigenvalue weighted by Crippen LogP contribution is 2.22. The summed E-state index contributed by atoms with van der Waals surface area (Å²) in [6.07, 6.45) is 3.23. The second-order valence-corrected chi connectivity index (χ2v) is 5.47. The monoisotopic (exact) mass is 302 g/mol. The molecule has 0 aliphatic rings. The molecule has 3 heteroatoms. The average molecular weight is 302 g/mol. The van der Waals surface area contributed by atoms with Crippen LogP contribution in [0.25, 0.3) is 0 Å². The number of pyridine rings is 1. The fraction of sp³-hybridized carbons (Fsp3) is 0.100. The van der Waals surface area contributed by atoms with Crippen LogP contribution in [0, 0.1) is 6.92 Å². The molecule has 114 valence electrons. The summed E-state index contributed by atoms with van der Waals surface area (Å²) in [5.74, 6) is -0.132. The highest BCUT2D eigenvalue weighted by atomic mass is 16.1. The van der Waals surface area contributed by atoms with Crippen LogP contribution in [0.5, 0.6) is 0 Å². The summed E-state index contributed by atoms with van der Waals surface area (Å²) in [5.41, 5.74) is 3.85. The minimum absolute atomic E-state index is 0.132. The van der Waals surface area contributed by atoms with E-state index in [1.807, 2.05) is 30.3 Å². The van der Waals surface area contributed by atoms with Crippen molar-refractivity contribution < 1.29 is 4.79 Å². The molecule has 0 aliphatic heterocycles. The number of aryl methyl sites for hydroxylation is 1. The molecule has 1 aromatic heterocycles. The van der Waals surface area contributed by atoms with Crippen molar-refractivity contribution in [2.24, 2.45) is 0 Å². The van der Waals surface area contributed by atoms with Crippen LogP contribution in [0.15, 0.2) is 79.1 Å². The largest absolute Gasteiger partial charge is 0.341 e. The lowest BCUT2D eigenvalue weighted by Crippen LogP contribution is -2.29. The Kier molecular flexibility index (Phi) is 4.48. The molecule has 0 bridgehead atoms. The van der Waals surface area contributed by atoms with E-state index in [1.54, 1.807) is 24.5 Å². The Morgan fingerprint density at radius 3 is 2.26 bits per heavy atom. The topological polar surface area (TPSA) is 42.0 Å². The predicted octanol–water partition coefficient (Wildman–Crippen LogP) is 3.91. The number of benzene rings is 2. The summed E-state index contributed by atoms with van der Waals surface area (Å²) in [6, 6.07) is 21.5. The van der Waals surface area contributed by atoms with Gasteiger partial charge in [-0.2, -0.15) is 0 Å². The molecule has 23 heavy (non-hydrogen) atoms. The molecule has 1 atom stereocenters. The van der Waals surface area contributed by atoms with Gasteiger partial charge in [0, 0.05) is 12.4 Å². The Labute approximate surface area is 136 Å². The molecule has 2 aromatic carbocycles. The molecule has 3 aromatic rings. The van der Waals surface area contributed by atoms with E-state index in [0.29, 0.717) is 5.56 Å². The zero-order valence-electron chi connectivity index (χ0n) is 12.9. The number of aromatic nitrogens is 1. The number of amides is 1. The number of nitrogens with one attached hydrogen (secondary N) is 1. The first-order chi connectivity index (χ1) is 11.2. The van der Waals surface area contributed by atoms with Gasteiger partial charge in [0.2, 0.25) is 0 Å².